The molecule has 0 saturated carbocycles. The topological polar surface area (TPSA) is 27.6 Å². The molecule has 2 rings (SSSR count). The van der Waals surface area contributed by atoms with Crippen molar-refractivity contribution in [2.75, 3.05) is 24.4 Å². The highest BCUT2D eigenvalue weighted by Gasteiger charge is 2.29. The molecular weight excluding hydrogens is 315 g/mol. The fraction of sp³-hybridized carbons (Fsp3) is 0.167. The summed E-state index contributed by atoms with van der Waals surface area (Å²) in [7, 11) is 3.95. The third-order valence-corrected chi connectivity index (χ3v) is 3.26. The Morgan fingerprint density at radius 2 is 1.58 bits per heavy atom. The van der Waals surface area contributed by atoms with Crippen molar-refractivity contribution in [2.24, 2.45) is 5.10 Å². The number of anilines is 2. The lowest BCUT2D eigenvalue weighted by Crippen LogP contribution is -2.07. The number of allylic oxidation sites excluding steroid dienone is 1. The fourth-order valence-electron chi connectivity index (χ4n) is 1.93. The van der Waals surface area contributed by atoms with Gasteiger partial charge in [-0.2, -0.15) is 18.3 Å². The number of hydrogen-bond acceptors (Lipinski definition) is 3. The molecule has 0 atom stereocenters. The van der Waals surface area contributed by atoms with Crippen molar-refractivity contribution in [2.45, 2.75) is 6.18 Å². The molecule has 0 aliphatic rings. The van der Waals surface area contributed by atoms with Crippen molar-refractivity contribution < 1.29 is 13.2 Å². The van der Waals surface area contributed by atoms with E-state index in [1.54, 1.807) is 6.08 Å². The molecular formula is C18H18F3N3. The summed E-state index contributed by atoms with van der Waals surface area (Å²) in [6, 6.07) is 12.7. The van der Waals surface area contributed by atoms with Crippen LogP contribution in [0.4, 0.5) is 24.5 Å². The van der Waals surface area contributed by atoms with Crippen LogP contribution in [0.2, 0.25) is 0 Å². The zero-order valence-corrected chi connectivity index (χ0v) is 13.4. The molecule has 6 heteroatoms. The van der Waals surface area contributed by atoms with E-state index in [1.807, 2.05) is 49.3 Å². The van der Waals surface area contributed by atoms with Crippen molar-refractivity contribution >= 4 is 23.7 Å². The monoisotopic (exact) mass is 333 g/mol. The normalized spacial score (nSPS) is 12.0. The average Bonchev–Trinajstić information content (AvgIpc) is 2.54. The Labute approximate surface area is 139 Å². The van der Waals surface area contributed by atoms with E-state index in [1.165, 1.54) is 18.3 Å². The van der Waals surface area contributed by atoms with Crippen molar-refractivity contribution in [1.29, 1.82) is 0 Å². The highest BCUT2D eigenvalue weighted by molar-refractivity contribution is 5.79. The second-order valence-corrected chi connectivity index (χ2v) is 5.31. The predicted octanol–water partition coefficient (Wildman–Crippen LogP) is 4.88. The average molecular weight is 333 g/mol. The third kappa shape index (κ3) is 5.15. The van der Waals surface area contributed by atoms with Gasteiger partial charge in [0.05, 0.1) is 11.3 Å². The van der Waals surface area contributed by atoms with Crippen LogP contribution in [0.25, 0.3) is 6.08 Å². The number of benzene rings is 2. The van der Waals surface area contributed by atoms with Crippen LogP contribution in [0.3, 0.4) is 0 Å². The molecule has 0 heterocycles. The van der Waals surface area contributed by atoms with Gasteiger partial charge in [0, 0.05) is 26.0 Å². The second kappa shape index (κ2) is 7.68. The standard InChI is InChI=1S/C18H18F3N3/c1-24(2)17-11-5-14(6-12-17)4-3-13-22-23-16-9-7-15(8-10-16)18(19,20)21/h3-13,23H,1-2H3/b4-3+,22-13+. The van der Waals surface area contributed by atoms with Gasteiger partial charge in [0.15, 0.2) is 0 Å². The van der Waals surface area contributed by atoms with Crippen LogP contribution < -0.4 is 10.3 Å². The molecule has 2 aromatic carbocycles. The molecule has 0 saturated heterocycles. The molecule has 24 heavy (non-hydrogen) atoms. The van der Waals surface area contributed by atoms with Gasteiger partial charge in [0.2, 0.25) is 0 Å². The van der Waals surface area contributed by atoms with Crippen LogP contribution >= 0.6 is 0 Å². The largest absolute Gasteiger partial charge is 0.416 e. The first kappa shape index (κ1) is 17.6. The summed E-state index contributed by atoms with van der Waals surface area (Å²) < 4.78 is 37.3. The predicted molar refractivity (Wildman–Crippen MR) is 93.4 cm³/mol. The summed E-state index contributed by atoms with van der Waals surface area (Å²) in [5.74, 6) is 0. The van der Waals surface area contributed by atoms with Crippen molar-refractivity contribution in [3.05, 3.63) is 65.7 Å². The zero-order chi connectivity index (χ0) is 17.6. The summed E-state index contributed by atoms with van der Waals surface area (Å²) in [5, 5.41) is 3.94. The third-order valence-electron chi connectivity index (χ3n) is 3.26. The number of nitrogens with zero attached hydrogens (tertiary/aromatic N) is 2. The van der Waals surface area contributed by atoms with E-state index < -0.39 is 11.7 Å². The van der Waals surface area contributed by atoms with Crippen LogP contribution in [-0.4, -0.2) is 20.3 Å². The lowest BCUT2D eigenvalue weighted by atomic mass is 10.2. The molecule has 2 aromatic rings. The second-order valence-electron chi connectivity index (χ2n) is 5.31. The summed E-state index contributed by atoms with van der Waals surface area (Å²) >= 11 is 0. The van der Waals surface area contributed by atoms with Gasteiger partial charge in [-0.1, -0.05) is 18.2 Å². The minimum absolute atomic E-state index is 0.489. The number of nitrogens with one attached hydrogen (secondary N) is 1. The zero-order valence-electron chi connectivity index (χ0n) is 13.4. The van der Waals surface area contributed by atoms with Gasteiger partial charge in [-0.05, 0) is 48.0 Å². The Balaban J connectivity index is 1.88. The minimum atomic E-state index is -4.33. The van der Waals surface area contributed by atoms with E-state index in [9.17, 15) is 13.2 Å². The summed E-state index contributed by atoms with van der Waals surface area (Å²) in [6.07, 6.45) is 0.851. The number of hydrazone groups is 1. The van der Waals surface area contributed by atoms with Crippen molar-refractivity contribution in [1.82, 2.24) is 0 Å². The molecule has 0 aliphatic carbocycles. The first-order valence-electron chi connectivity index (χ1n) is 7.26. The quantitative estimate of drug-likeness (QED) is 0.624. The molecule has 0 fully saturated rings. The highest BCUT2D eigenvalue weighted by atomic mass is 19.4. The molecule has 0 amide bonds. The van der Waals surface area contributed by atoms with Gasteiger partial charge in [-0.3, -0.25) is 5.43 Å². The maximum atomic E-state index is 12.4. The van der Waals surface area contributed by atoms with Crippen LogP contribution in [0, 0.1) is 0 Å². The molecule has 3 nitrogen and oxygen atoms in total. The minimum Gasteiger partial charge on any atom is -0.378 e. The maximum absolute atomic E-state index is 12.4. The SMILES string of the molecule is CN(C)c1ccc(/C=C/C=N/Nc2ccc(C(F)(F)F)cc2)cc1. The fourth-order valence-corrected chi connectivity index (χ4v) is 1.93. The van der Waals surface area contributed by atoms with E-state index in [-0.39, 0.29) is 0 Å². The molecule has 0 bridgehead atoms. The summed E-state index contributed by atoms with van der Waals surface area (Å²) in [4.78, 5) is 2.02. The summed E-state index contributed by atoms with van der Waals surface area (Å²) in [5.41, 5.74) is 4.63. The van der Waals surface area contributed by atoms with E-state index in [2.05, 4.69) is 10.5 Å². The number of alkyl halides is 3. The van der Waals surface area contributed by atoms with Crippen molar-refractivity contribution in [3.8, 4) is 0 Å². The summed E-state index contributed by atoms with van der Waals surface area (Å²) in [6.45, 7) is 0. The molecule has 0 aromatic heterocycles. The highest BCUT2D eigenvalue weighted by Crippen LogP contribution is 2.29. The Bertz CT molecular complexity index is 700. The van der Waals surface area contributed by atoms with Gasteiger partial charge in [0.25, 0.3) is 0 Å². The number of hydrogen-bond donors (Lipinski definition) is 1. The first-order valence-corrected chi connectivity index (χ1v) is 7.26. The molecule has 1 N–H and O–H groups in total. The first-order chi connectivity index (χ1) is 11.4. The lowest BCUT2D eigenvalue weighted by Gasteiger charge is -2.11. The van der Waals surface area contributed by atoms with E-state index in [0.29, 0.717) is 5.69 Å². The molecule has 126 valence electrons. The smallest absolute Gasteiger partial charge is 0.378 e. The van der Waals surface area contributed by atoms with Gasteiger partial charge in [0.1, 0.15) is 0 Å². The van der Waals surface area contributed by atoms with E-state index >= 15 is 0 Å². The van der Waals surface area contributed by atoms with Crippen molar-refractivity contribution in [3.63, 3.8) is 0 Å². The molecule has 0 unspecified atom stereocenters. The molecule has 0 aliphatic heterocycles. The lowest BCUT2D eigenvalue weighted by molar-refractivity contribution is -0.137. The molecule has 0 radical (unpaired) electrons. The Kier molecular flexibility index (Phi) is 5.63. The van der Waals surface area contributed by atoms with Crippen LogP contribution in [0.5, 0.6) is 0 Å². The maximum Gasteiger partial charge on any atom is 0.416 e. The van der Waals surface area contributed by atoms with Gasteiger partial charge in [-0.25, -0.2) is 0 Å². The van der Waals surface area contributed by atoms with Crippen LogP contribution in [0.1, 0.15) is 11.1 Å². The van der Waals surface area contributed by atoms with Crippen LogP contribution in [0.15, 0.2) is 59.7 Å². The van der Waals surface area contributed by atoms with E-state index in [4.69, 9.17) is 0 Å². The van der Waals surface area contributed by atoms with E-state index in [0.717, 1.165) is 23.4 Å². The molecule has 0 spiro atoms. The number of rotatable bonds is 5. The van der Waals surface area contributed by atoms with Gasteiger partial charge < -0.3 is 4.90 Å². The Hall–Kier alpha value is -2.76. The Morgan fingerprint density at radius 1 is 0.958 bits per heavy atom. The van der Waals surface area contributed by atoms with Gasteiger partial charge in [-0.15, -0.1) is 0 Å². The van der Waals surface area contributed by atoms with Gasteiger partial charge >= 0.3 is 6.18 Å². The number of halogens is 3. The Morgan fingerprint density at radius 3 is 2.12 bits per heavy atom. The van der Waals surface area contributed by atoms with Crippen LogP contribution in [-0.2, 0) is 6.18 Å².